The fourth-order valence-corrected chi connectivity index (χ4v) is 2.96. The minimum atomic E-state index is 0.104. The molecule has 2 aromatic rings. The largest absolute Gasteiger partial charge is 0.493 e. The molecule has 108 valence electrons. The summed E-state index contributed by atoms with van der Waals surface area (Å²) in [6.45, 7) is 6.55. The van der Waals surface area contributed by atoms with Gasteiger partial charge in [0.05, 0.1) is 24.9 Å². The molecule has 0 unspecified atom stereocenters. The number of hydrogen-bond acceptors (Lipinski definition) is 4. The Kier molecular flexibility index (Phi) is 4.33. The monoisotopic (exact) mass is 291 g/mol. The molecular formula is C16H21NO2S. The third-order valence-electron chi connectivity index (χ3n) is 3.12. The van der Waals surface area contributed by atoms with Crippen LogP contribution in [0.15, 0.2) is 23.6 Å². The lowest BCUT2D eigenvalue weighted by Gasteiger charge is -2.14. The van der Waals surface area contributed by atoms with E-state index in [0.29, 0.717) is 0 Å². The van der Waals surface area contributed by atoms with E-state index in [0.717, 1.165) is 28.6 Å². The first-order valence-corrected chi connectivity index (χ1v) is 7.48. The Hall–Kier alpha value is -1.55. The number of rotatable bonds is 4. The second-order valence-electron chi connectivity index (χ2n) is 5.74. The van der Waals surface area contributed by atoms with Crippen LogP contribution in [0.3, 0.4) is 0 Å². The summed E-state index contributed by atoms with van der Waals surface area (Å²) >= 11 is 1.71. The molecule has 3 nitrogen and oxygen atoms in total. The van der Waals surface area contributed by atoms with E-state index in [9.17, 15) is 0 Å². The summed E-state index contributed by atoms with van der Waals surface area (Å²) in [5.74, 6) is 1.52. The van der Waals surface area contributed by atoms with E-state index in [1.807, 2.05) is 12.1 Å². The van der Waals surface area contributed by atoms with Gasteiger partial charge in [-0.1, -0.05) is 26.8 Å². The molecule has 1 heterocycles. The molecule has 0 fully saturated rings. The lowest BCUT2D eigenvalue weighted by Crippen LogP contribution is -2.11. The van der Waals surface area contributed by atoms with Crippen molar-refractivity contribution >= 4 is 11.3 Å². The predicted octanol–water partition coefficient (Wildman–Crippen LogP) is 4.05. The van der Waals surface area contributed by atoms with Crippen LogP contribution in [0.4, 0.5) is 0 Å². The molecule has 0 atom stereocenters. The fourth-order valence-electron chi connectivity index (χ4n) is 1.90. The highest BCUT2D eigenvalue weighted by Crippen LogP contribution is 2.30. The molecule has 1 aromatic heterocycles. The molecule has 0 radical (unpaired) electrons. The van der Waals surface area contributed by atoms with Crippen LogP contribution in [0, 0.1) is 0 Å². The maximum absolute atomic E-state index is 5.33. The van der Waals surface area contributed by atoms with Crippen LogP contribution in [0.1, 0.15) is 37.0 Å². The van der Waals surface area contributed by atoms with E-state index in [2.05, 4.69) is 32.2 Å². The van der Waals surface area contributed by atoms with E-state index in [-0.39, 0.29) is 5.41 Å². The summed E-state index contributed by atoms with van der Waals surface area (Å²) in [5.41, 5.74) is 2.43. The summed E-state index contributed by atoms with van der Waals surface area (Å²) in [6.07, 6.45) is 0.821. The van der Waals surface area contributed by atoms with Gasteiger partial charge in [0.25, 0.3) is 0 Å². The Morgan fingerprint density at radius 1 is 1.10 bits per heavy atom. The Morgan fingerprint density at radius 2 is 1.80 bits per heavy atom. The van der Waals surface area contributed by atoms with Crippen LogP contribution < -0.4 is 9.47 Å². The van der Waals surface area contributed by atoms with Gasteiger partial charge in [0.1, 0.15) is 0 Å². The van der Waals surface area contributed by atoms with Crippen molar-refractivity contribution in [3.63, 3.8) is 0 Å². The summed E-state index contributed by atoms with van der Waals surface area (Å²) in [4.78, 5) is 4.72. The quantitative estimate of drug-likeness (QED) is 0.851. The molecule has 0 aliphatic heterocycles. The second kappa shape index (κ2) is 5.83. The van der Waals surface area contributed by atoms with Gasteiger partial charge in [0.2, 0.25) is 0 Å². The van der Waals surface area contributed by atoms with E-state index in [4.69, 9.17) is 14.5 Å². The van der Waals surface area contributed by atoms with Crippen molar-refractivity contribution in [1.82, 2.24) is 4.98 Å². The van der Waals surface area contributed by atoms with Gasteiger partial charge in [-0.2, -0.15) is 0 Å². The predicted molar refractivity (Wildman–Crippen MR) is 83.2 cm³/mol. The molecule has 0 bridgehead atoms. The standard InChI is InChI=1S/C16H21NO2S/c1-16(2,3)14-10-20-15(17-14)9-11-6-7-12(18-4)13(8-11)19-5/h6-8,10H,9H2,1-5H3. The smallest absolute Gasteiger partial charge is 0.160 e. The molecular weight excluding hydrogens is 270 g/mol. The van der Waals surface area contributed by atoms with E-state index >= 15 is 0 Å². The number of benzene rings is 1. The Morgan fingerprint density at radius 3 is 2.35 bits per heavy atom. The summed E-state index contributed by atoms with van der Waals surface area (Å²) in [6, 6.07) is 6.00. The van der Waals surface area contributed by atoms with Gasteiger partial charge >= 0.3 is 0 Å². The van der Waals surface area contributed by atoms with Crippen LogP contribution in [-0.4, -0.2) is 19.2 Å². The number of thiazole rings is 1. The van der Waals surface area contributed by atoms with Crippen molar-refractivity contribution in [2.75, 3.05) is 14.2 Å². The van der Waals surface area contributed by atoms with Crippen molar-refractivity contribution in [3.8, 4) is 11.5 Å². The molecule has 20 heavy (non-hydrogen) atoms. The molecule has 0 saturated heterocycles. The summed E-state index contributed by atoms with van der Waals surface area (Å²) in [7, 11) is 3.30. The minimum absolute atomic E-state index is 0.104. The highest BCUT2D eigenvalue weighted by Gasteiger charge is 2.17. The molecule has 0 amide bonds. The normalized spacial score (nSPS) is 11.4. The van der Waals surface area contributed by atoms with Gasteiger partial charge in [-0.15, -0.1) is 11.3 Å². The van der Waals surface area contributed by atoms with Gasteiger partial charge in [-0.3, -0.25) is 0 Å². The number of ether oxygens (including phenoxy) is 2. The van der Waals surface area contributed by atoms with Crippen LogP contribution >= 0.6 is 11.3 Å². The van der Waals surface area contributed by atoms with E-state index in [1.165, 1.54) is 5.56 Å². The van der Waals surface area contributed by atoms with Crippen molar-refractivity contribution in [1.29, 1.82) is 0 Å². The van der Waals surface area contributed by atoms with Gasteiger partial charge in [0.15, 0.2) is 11.5 Å². The zero-order valence-electron chi connectivity index (χ0n) is 12.7. The maximum atomic E-state index is 5.33. The topological polar surface area (TPSA) is 31.4 Å². The zero-order valence-corrected chi connectivity index (χ0v) is 13.5. The Labute approximate surface area is 124 Å². The molecule has 1 aromatic carbocycles. The summed E-state index contributed by atoms with van der Waals surface area (Å²) < 4.78 is 10.6. The third kappa shape index (κ3) is 3.31. The minimum Gasteiger partial charge on any atom is -0.493 e. The zero-order chi connectivity index (χ0) is 14.8. The van der Waals surface area contributed by atoms with Crippen LogP contribution in [0.5, 0.6) is 11.5 Å². The van der Waals surface area contributed by atoms with Crippen molar-refractivity contribution in [2.24, 2.45) is 0 Å². The highest BCUT2D eigenvalue weighted by atomic mass is 32.1. The third-order valence-corrected chi connectivity index (χ3v) is 3.97. The van der Waals surface area contributed by atoms with Crippen LogP contribution in [0.25, 0.3) is 0 Å². The molecule has 0 N–H and O–H groups in total. The van der Waals surface area contributed by atoms with Gasteiger partial charge < -0.3 is 9.47 Å². The van der Waals surface area contributed by atoms with Crippen LogP contribution in [-0.2, 0) is 11.8 Å². The summed E-state index contributed by atoms with van der Waals surface area (Å²) in [5, 5.41) is 3.28. The average Bonchev–Trinajstić information content (AvgIpc) is 2.87. The first-order valence-electron chi connectivity index (χ1n) is 6.60. The van der Waals surface area contributed by atoms with Gasteiger partial charge in [0, 0.05) is 17.2 Å². The van der Waals surface area contributed by atoms with Crippen molar-refractivity contribution < 1.29 is 9.47 Å². The SMILES string of the molecule is COc1ccc(Cc2nc(C(C)(C)C)cs2)cc1OC. The van der Waals surface area contributed by atoms with Gasteiger partial charge in [-0.25, -0.2) is 4.98 Å². The first kappa shape index (κ1) is 14.9. The molecule has 4 heteroatoms. The number of hydrogen-bond donors (Lipinski definition) is 0. The number of aromatic nitrogens is 1. The lowest BCUT2D eigenvalue weighted by atomic mass is 9.93. The number of methoxy groups -OCH3 is 2. The molecule has 2 rings (SSSR count). The maximum Gasteiger partial charge on any atom is 0.160 e. The van der Waals surface area contributed by atoms with Crippen molar-refractivity contribution in [2.45, 2.75) is 32.6 Å². The average molecular weight is 291 g/mol. The Balaban J connectivity index is 2.20. The molecule has 0 saturated carbocycles. The highest BCUT2D eigenvalue weighted by molar-refractivity contribution is 7.09. The Bertz CT molecular complexity index is 584. The molecule has 0 aliphatic rings. The van der Waals surface area contributed by atoms with Gasteiger partial charge in [-0.05, 0) is 17.7 Å². The first-order chi connectivity index (χ1) is 9.44. The second-order valence-corrected chi connectivity index (χ2v) is 6.69. The fraction of sp³-hybridized carbons (Fsp3) is 0.438. The van der Waals surface area contributed by atoms with Crippen LogP contribution in [0.2, 0.25) is 0 Å². The molecule has 0 aliphatic carbocycles. The van der Waals surface area contributed by atoms with Crippen molar-refractivity contribution in [3.05, 3.63) is 39.8 Å². The lowest BCUT2D eigenvalue weighted by molar-refractivity contribution is 0.354. The van der Waals surface area contributed by atoms with E-state index in [1.54, 1.807) is 25.6 Å². The van der Waals surface area contributed by atoms with E-state index < -0.39 is 0 Å². The number of nitrogens with zero attached hydrogens (tertiary/aromatic N) is 1. The molecule has 0 spiro atoms.